The summed E-state index contributed by atoms with van der Waals surface area (Å²) in [5.74, 6) is 0.133. The van der Waals surface area contributed by atoms with Crippen LogP contribution >= 0.6 is 0 Å². The molecule has 0 fully saturated rings. The Hall–Kier alpha value is -4.90. The highest BCUT2D eigenvalue weighted by atomic mass is 16.5. The first-order valence-electron chi connectivity index (χ1n) is 10.3. The van der Waals surface area contributed by atoms with Crippen molar-refractivity contribution in [3.05, 3.63) is 95.1 Å². The number of benzene rings is 3. The van der Waals surface area contributed by atoms with Crippen molar-refractivity contribution < 1.29 is 19.1 Å². The Morgan fingerprint density at radius 1 is 0.853 bits per heavy atom. The van der Waals surface area contributed by atoms with E-state index < -0.39 is 11.8 Å². The predicted octanol–water partition coefficient (Wildman–Crippen LogP) is 3.77. The van der Waals surface area contributed by atoms with Gasteiger partial charge in [0.15, 0.2) is 11.5 Å². The fourth-order valence-electron chi connectivity index (χ4n) is 3.50. The van der Waals surface area contributed by atoms with Gasteiger partial charge in [-0.05, 0) is 30.3 Å². The molecule has 4 rings (SSSR count). The van der Waals surface area contributed by atoms with Gasteiger partial charge in [-0.1, -0.05) is 42.5 Å². The number of amides is 2. The minimum Gasteiger partial charge on any atom is -0.493 e. The van der Waals surface area contributed by atoms with Crippen LogP contribution in [0.3, 0.4) is 0 Å². The molecule has 0 unspecified atom stereocenters. The lowest BCUT2D eigenvalue weighted by Crippen LogP contribution is -2.30. The van der Waals surface area contributed by atoms with Crippen LogP contribution in [0.15, 0.2) is 83.4 Å². The van der Waals surface area contributed by atoms with Gasteiger partial charge in [0.1, 0.15) is 17.5 Å². The fourth-order valence-corrected chi connectivity index (χ4v) is 3.50. The number of ether oxygens (including phenoxy) is 2. The van der Waals surface area contributed by atoms with Crippen LogP contribution in [0.2, 0.25) is 0 Å². The maximum atomic E-state index is 13.0. The van der Waals surface area contributed by atoms with Crippen LogP contribution in [0.5, 0.6) is 11.5 Å². The largest absolute Gasteiger partial charge is 0.493 e. The number of hydrogen-bond acceptors (Lipinski definition) is 6. The number of fused-ring (bicyclic) bond motifs is 1. The van der Waals surface area contributed by atoms with Crippen molar-refractivity contribution in [3.8, 4) is 17.6 Å². The maximum absolute atomic E-state index is 13.0. The van der Waals surface area contributed by atoms with Gasteiger partial charge in [-0.25, -0.2) is 4.99 Å². The zero-order chi connectivity index (χ0) is 24.1. The van der Waals surface area contributed by atoms with Crippen LogP contribution in [0, 0.1) is 11.3 Å². The van der Waals surface area contributed by atoms with Crippen LogP contribution in [-0.4, -0.2) is 31.9 Å². The standard InChI is InChI=1S/C26H20N4O4/c1-33-21-13-12-16(14-22(21)34-2)25(31)30-24-19-11-7-6-10-18(19)23(29-24)20(15-27)26(32)28-17-8-4-3-5-9-17/h3-14H,1-2H3,(H,28,32)(H,29,30,31)/b23-20-. The Kier molecular flexibility index (Phi) is 6.37. The van der Waals surface area contributed by atoms with Crippen LogP contribution in [0.4, 0.5) is 5.69 Å². The number of methoxy groups -OCH3 is 2. The second-order valence-corrected chi connectivity index (χ2v) is 7.19. The van der Waals surface area contributed by atoms with Gasteiger partial charge in [-0.3, -0.25) is 9.59 Å². The van der Waals surface area contributed by atoms with E-state index in [9.17, 15) is 14.9 Å². The first kappa shape index (κ1) is 22.3. The minimum absolute atomic E-state index is 0.160. The molecular weight excluding hydrogens is 432 g/mol. The topological polar surface area (TPSA) is 113 Å². The lowest BCUT2D eigenvalue weighted by Gasteiger charge is -2.10. The van der Waals surface area contributed by atoms with Crippen molar-refractivity contribution in [2.24, 2.45) is 4.99 Å². The molecule has 0 saturated heterocycles. The van der Waals surface area contributed by atoms with Crippen molar-refractivity contribution in [2.75, 3.05) is 19.5 Å². The van der Waals surface area contributed by atoms with Gasteiger partial charge in [-0.15, -0.1) is 0 Å². The highest BCUT2D eigenvalue weighted by Gasteiger charge is 2.27. The molecule has 1 aliphatic heterocycles. The monoisotopic (exact) mass is 452 g/mol. The number of rotatable bonds is 5. The van der Waals surface area contributed by atoms with E-state index in [0.717, 1.165) is 0 Å². The predicted molar refractivity (Wildman–Crippen MR) is 128 cm³/mol. The maximum Gasteiger partial charge on any atom is 0.268 e. The third-order valence-corrected chi connectivity index (χ3v) is 5.15. The Morgan fingerprint density at radius 3 is 2.21 bits per heavy atom. The quantitative estimate of drug-likeness (QED) is 0.452. The number of carbonyl (C=O) groups is 2. The summed E-state index contributed by atoms with van der Waals surface area (Å²) in [7, 11) is 2.99. The second kappa shape index (κ2) is 9.71. The average Bonchev–Trinajstić information content (AvgIpc) is 3.22. The Labute approximate surface area is 196 Å². The summed E-state index contributed by atoms with van der Waals surface area (Å²) < 4.78 is 10.5. The molecule has 2 N–H and O–H groups in total. The third-order valence-electron chi connectivity index (χ3n) is 5.15. The zero-order valence-electron chi connectivity index (χ0n) is 18.5. The summed E-state index contributed by atoms with van der Waals surface area (Å²) in [4.78, 5) is 30.3. The van der Waals surface area contributed by atoms with Gasteiger partial charge in [0, 0.05) is 22.4 Å². The normalized spacial score (nSPS) is 13.1. The lowest BCUT2D eigenvalue weighted by atomic mass is 10.0. The van der Waals surface area contributed by atoms with E-state index in [-0.39, 0.29) is 17.1 Å². The first-order chi connectivity index (χ1) is 16.5. The lowest BCUT2D eigenvalue weighted by molar-refractivity contribution is -0.112. The van der Waals surface area contributed by atoms with Crippen molar-refractivity contribution in [1.82, 2.24) is 5.32 Å². The number of carbonyl (C=O) groups excluding carboxylic acids is 2. The van der Waals surface area contributed by atoms with E-state index in [4.69, 9.17) is 9.47 Å². The van der Waals surface area contributed by atoms with E-state index in [1.807, 2.05) is 12.1 Å². The van der Waals surface area contributed by atoms with Crippen LogP contribution < -0.4 is 20.1 Å². The van der Waals surface area contributed by atoms with Gasteiger partial charge in [-0.2, -0.15) is 5.26 Å². The number of nitrogens with one attached hydrogen (secondary N) is 2. The van der Waals surface area contributed by atoms with Crippen molar-refractivity contribution in [2.45, 2.75) is 0 Å². The molecule has 3 aromatic rings. The number of amidine groups is 1. The molecule has 0 atom stereocenters. The van der Waals surface area contributed by atoms with E-state index in [1.54, 1.807) is 66.7 Å². The SMILES string of the molecule is COc1ccc(C(=O)NC2=N/C(=C(/C#N)C(=O)Nc3ccccc3)c3ccccc32)cc1OC. The van der Waals surface area contributed by atoms with E-state index >= 15 is 0 Å². The molecule has 0 radical (unpaired) electrons. The average molecular weight is 452 g/mol. The molecule has 1 aliphatic rings. The Morgan fingerprint density at radius 2 is 1.53 bits per heavy atom. The molecular formula is C26H20N4O4. The van der Waals surface area contributed by atoms with E-state index in [2.05, 4.69) is 15.6 Å². The third kappa shape index (κ3) is 4.36. The molecule has 8 nitrogen and oxygen atoms in total. The Balaban J connectivity index is 1.68. The van der Waals surface area contributed by atoms with Crippen molar-refractivity contribution in [3.63, 3.8) is 0 Å². The molecule has 0 spiro atoms. The summed E-state index contributed by atoms with van der Waals surface area (Å²) in [6.07, 6.45) is 0. The smallest absolute Gasteiger partial charge is 0.268 e. The van der Waals surface area contributed by atoms with Gasteiger partial charge in [0.05, 0.1) is 19.9 Å². The number of para-hydroxylation sites is 1. The fraction of sp³-hybridized carbons (Fsp3) is 0.0769. The molecule has 168 valence electrons. The van der Waals surface area contributed by atoms with Gasteiger partial charge in [0.25, 0.3) is 11.8 Å². The number of hydrogen-bond donors (Lipinski definition) is 2. The molecule has 0 saturated carbocycles. The summed E-state index contributed by atoms with van der Waals surface area (Å²) in [6.45, 7) is 0. The molecule has 0 aromatic heterocycles. The Bertz CT molecular complexity index is 1370. The van der Waals surface area contributed by atoms with Crippen LogP contribution in [-0.2, 0) is 4.79 Å². The second-order valence-electron chi connectivity index (χ2n) is 7.19. The van der Waals surface area contributed by atoms with E-state index in [0.29, 0.717) is 33.9 Å². The summed E-state index contributed by atoms with van der Waals surface area (Å²) in [6, 6.07) is 22.6. The van der Waals surface area contributed by atoms with Gasteiger partial charge >= 0.3 is 0 Å². The minimum atomic E-state index is -0.588. The first-order valence-corrected chi connectivity index (χ1v) is 10.3. The number of nitriles is 1. The highest BCUT2D eigenvalue weighted by Crippen LogP contribution is 2.32. The molecule has 34 heavy (non-hydrogen) atoms. The molecule has 0 bridgehead atoms. The van der Waals surface area contributed by atoms with Gasteiger partial charge in [0.2, 0.25) is 0 Å². The summed E-state index contributed by atoms with van der Waals surface area (Å²) in [5.41, 5.74) is 2.09. The molecule has 0 aliphatic carbocycles. The summed E-state index contributed by atoms with van der Waals surface area (Å²) in [5, 5.41) is 15.2. The summed E-state index contributed by atoms with van der Waals surface area (Å²) >= 11 is 0. The molecule has 2 amide bonds. The van der Waals surface area contributed by atoms with Crippen molar-refractivity contribution in [1.29, 1.82) is 5.26 Å². The van der Waals surface area contributed by atoms with Crippen LogP contribution in [0.25, 0.3) is 5.70 Å². The van der Waals surface area contributed by atoms with Gasteiger partial charge < -0.3 is 20.1 Å². The number of anilines is 1. The zero-order valence-corrected chi connectivity index (χ0v) is 18.5. The number of aliphatic imine (C=N–C) groups is 1. The highest BCUT2D eigenvalue weighted by molar-refractivity contribution is 6.21. The van der Waals surface area contributed by atoms with Crippen molar-refractivity contribution >= 4 is 29.0 Å². The molecule has 8 heteroatoms. The number of nitrogens with zero attached hydrogens (tertiary/aromatic N) is 2. The van der Waals surface area contributed by atoms with E-state index in [1.165, 1.54) is 14.2 Å². The van der Waals surface area contributed by atoms with Crippen LogP contribution in [0.1, 0.15) is 21.5 Å². The molecule has 1 heterocycles. The molecule has 3 aromatic carbocycles.